The van der Waals surface area contributed by atoms with E-state index in [1.807, 2.05) is 47.7 Å². The van der Waals surface area contributed by atoms with Gasteiger partial charge in [0.1, 0.15) is 5.69 Å². The molecule has 0 N–H and O–H groups in total. The van der Waals surface area contributed by atoms with Gasteiger partial charge in [-0.3, -0.25) is 4.79 Å². The highest BCUT2D eigenvalue weighted by Gasteiger charge is 2.29. The van der Waals surface area contributed by atoms with Crippen molar-refractivity contribution in [1.29, 1.82) is 0 Å². The standard InChI is InChI=1S/C15H17BrN2O2/c1-10-9-20-8-7-18(10)15(19)14-13(16)11-5-3-4-6-12(11)17(14)2/h3-6,10H,7-9H2,1-2H3/t10-/m1/s1. The predicted molar refractivity (Wildman–Crippen MR) is 81.9 cm³/mol. The van der Waals surface area contributed by atoms with Gasteiger partial charge in [0.2, 0.25) is 0 Å². The average Bonchev–Trinajstić information content (AvgIpc) is 2.71. The first-order valence-electron chi connectivity index (χ1n) is 6.73. The molecule has 106 valence electrons. The van der Waals surface area contributed by atoms with Crippen molar-refractivity contribution < 1.29 is 9.53 Å². The number of hydrogen-bond donors (Lipinski definition) is 0. The zero-order valence-electron chi connectivity index (χ0n) is 11.6. The number of rotatable bonds is 1. The lowest BCUT2D eigenvalue weighted by atomic mass is 10.2. The predicted octanol–water partition coefficient (Wildman–Crippen LogP) is 2.80. The molecule has 0 aliphatic carbocycles. The first-order valence-corrected chi connectivity index (χ1v) is 7.52. The Bertz CT molecular complexity index is 626. The molecule has 5 heteroatoms. The zero-order valence-corrected chi connectivity index (χ0v) is 13.2. The van der Waals surface area contributed by atoms with Gasteiger partial charge < -0.3 is 14.2 Å². The van der Waals surface area contributed by atoms with E-state index >= 15 is 0 Å². The number of carbonyl (C=O) groups is 1. The van der Waals surface area contributed by atoms with E-state index in [1.165, 1.54) is 0 Å². The molecule has 1 aliphatic rings. The van der Waals surface area contributed by atoms with Crippen LogP contribution in [0.1, 0.15) is 17.4 Å². The van der Waals surface area contributed by atoms with Crippen molar-refractivity contribution in [3.05, 3.63) is 34.4 Å². The van der Waals surface area contributed by atoms with Gasteiger partial charge in [-0.05, 0) is 28.9 Å². The monoisotopic (exact) mass is 336 g/mol. The van der Waals surface area contributed by atoms with Crippen molar-refractivity contribution in [2.24, 2.45) is 7.05 Å². The number of para-hydroxylation sites is 1. The van der Waals surface area contributed by atoms with E-state index < -0.39 is 0 Å². The molecule has 20 heavy (non-hydrogen) atoms. The molecule has 0 unspecified atom stereocenters. The summed E-state index contributed by atoms with van der Waals surface area (Å²) < 4.78 is 8.24. The number of ether oxygens (including phenoxy) is 1. The van der Waals surface area contributed by atoms with Crippen LogP contribution in [0.3, 0.4) is 0 Å². The lowest BCUT2D eigenvalue weighted by Gasteiger charge is -2.33. The van der Waals surface area contributed by atoms with Crippen LogP contribution in [0.4, 0.5) is 0 Å². The molecule has 0 bridgehead atoms. The van der Waals surface area contributed by atoms with Crippen molar-refractivity contribution in [3.8, 4) is 0 Å². The fourth-order valence-corrected chi connectivity index (χ4v) is 3.52. The summed E-state index contributed by atoms with van der Waals surface area (Å²) in [5, 5.41) is 1.07. The van der Waals surface area contributed by atoms with Gasteiger partial charge in [0.15, 0.2) is 0 Å². The second kappa shape index (κ2) is 5.22. The minimum Gasteiger partial charge on any atom is -0.377 e. The fraction of sp³-hybridized carbons (Fsp3) is 0.400. The molecule has 1 atom stereocenters. The Morgan fingerprint density at radius 1 is 1.40 bits per heavy atom. The molecule has 3 rings (SSSR count). The van der Waals surface area contributed by atoms with Gasteiger partial charge in [-0.15, -0.1) is 0 Å². The molecule has 4 nitrogen and oxygen atoms in total. The van der Waals surface area contributed by atoms with E-state index in [9.17, 15) is 4.79 Å². The highest BCUT2D eigenvalue weighted by molar-refractivity contribution is 9.10. The summed E-state index contributed by atoms with van der Waals surface area (Å²) in [5.74, 6) is 0.0615. The summed E-state index contributed by atoms with van der Waals surface area (Å²) in [4.78, 5) is 14.7. The minimum absolute atomic E-state index is 0.0615. The lowest BCUT2D eigenvalue weighted by molar-refractivity contribution is 0.00305. The normalized spacial score (nSPS) is 19.6. The third-order valence-electron chi connectivity index (χ3n) is 3.88. The molecule has 1 aliphatic heterocycles. The van der Waals surface area contributed by atoms with Gasteiger partial charge in [0, 0.05) is 24.5 Å². The zero-order chi connectivity index (χ0) is 14.3. The molecule has 1 amide bonds. The molecule has 0 radical (unpaired) electrons. The van der Waals surface area contributed by atoms with Crippen LogP contribution in [0, 0.1) is 0 Å². The summed E-state index contributed by atoms with van der Waals surface area (Å²) >= 11 is 3.59. The van der Waals surface area contributed by atoms with E-state index in [2.05, 4.69) is 15.9 Å². The highest BCUT2D eigenvalue weighted by Crippen LogP contribution is 2.31. The van der Waals surface area contributed by atoms with Gasteiger partial charge >= 0.3 is 0 Å². The SMILES string of the molecule is C[C@@H]1COCCN1C(=O)c1c(Br)c2ccccc2n1C. The van der Waals surface area contributed by atoms with Crippen molar-refractivity contribution >= 4 is 32.7 Å². The molecule has 0 saturated carbocycles. The number of fused-ring (bicyclic) bond motifs is 1. The van der Waals surface area contributed by atoms with Gasteiger partial charge in [0.25, 0.3) is 5.91 Å². The minimum atomic E-state index is 0.0615. The Balaban J connectivity index is 2.07. The third kappa shape index (κ3) is 2.05. The summed E-state index contributed by atoms with van der Waals surface area (Å²) in [6.45, 7) is 3.88. The molecule has 1 aromatic carbocycles. The number of morpholine rings is 1. The number of halogens is 1. The van der Waals surface area contributed by atoms with Crippen molar-refractivity contribution in [2.75, 3.05) is 19.8 Å². The summed E-state index contributed by atoms with van der Waals surface area (Å²) in [5.41, 5.74) is 1.77. The van der Waals surface area contributed by atoms with Crippen LogP contribution < -0.4 is 0 Å². The number of aryl methyl sites for hydroxylation is 1. The highest BCUT2D eigenvalue weighted by atomic mass is 79.9. The van der Waals surface area contributed by atoms with Crippen molar-refractivity contribution in [3.63, 3.8) is 0 Å². The fourth-order valence-electron chi connectivity index (χ4n) is 2.75. The van der Waals surface area contributed by atoms with Gasteiger partial charge in [-0.25, -0.2) is 0 Å². The second-order valence-corrected chi connectivity index (χ2v) is 5.95. The van der Waals surface area contributed by atoms with Crippen LogP contribution >= 0.6 is 15.9 Å². The van der Waals surface area contributed by atoms with E-state index in [4.69, 9.17) is 4.74 Å². The van der Waals surface area contributed by atoms with Crippen LogP contribution in [0.2, 0.25) is 0 Å². The topological polar surface area (TPSA) is 34.5 Å². The Morgan fingerprint density at radius 2 is 2.15 bits per heavy atom. The van der Waals surface area contributed by atoms with E-state index in [1.54, 1.807) is 0 Å². The van der Waals surface area contributed by atoms with Crippen molar-refractivity contribution in [2.45, 2.75) is 13.0 Å². The first kappa shape index (κ1) is 13.6. The van der Waals surface area contributed by atoms with Gasteiger partial charge in [-0.2, -0.15) is 0 Å². The maximum absolute atomic E-state index is 12.8. The number of amides is 1. The first-order chi connectivity index (χ1) is 9.61. The van der Waals surface area contributed by atoms with Crippen LogP contribution in [0.25, 0.3) is 10.9 Å². The molecule has 1 fully saturated rings. The average molecular weight is 337 g/mol. The van der Waals surface area contributed by atoms with Crippen LogP contribution in [-0.2, 0) is 11.8 Å². The molecule has 1 saturated heterocycles. The Hall–Kier alpha value is -1.33. The molecule has 0 spiro atoms. The Labute approximate surface area is 126 Å². The van der Waals surface area contributed by atoms with Crippen LogP contribution in [-0.4, -0.2) is 41.2 Å². The van der Waals surface area contributed by atoms with Crippen LogP contribution in [0.15, 0.2) is 28.7 Å². The van der Waals surface area contributed by atoms with E-state index in [0.29, 0.717) is 25.5 Å². The number of carbonyl (C=O) groups excluding carboxylic acids is 1. The third-order valence-corrected chi connectivity index (χ3v) is 4.68. The second-order valence-electron chi connectivity index (χ2n) is 5.16. The maximum Gasteiger partial charge on any atom is 0.272 e. The number of hydrogen-bond acceptors (Lipinski definition) is 2. The van der Waals surface area contributed by atoms with Crippen LogP contribution in [0.5, 0.6) is 0 Å². The molecule has 2 aromatic rings. The number of benzene rings is 1. The Morgan fingerprint density at radius 3 is 2.85 bits per heavy atom. The summed E-state index contributed by atoms with van der Waals surface area (Å²) in [7, 11) is 1.94. The molecular weight excluding hydrogens is 320 g/mol. The Kier molecular flexibility index (Phi) is 3.56. The molecule has 1 aromatic heterocycles. The van der Waals surface area contributed by atoms with Crippen molar-refractivity contribution in [1.82, 2.24) is 9.47 Å². The lowest BCUT2D eigenvalue weighted by Crippen LogP contribution is -2.47. The maximum atomic E-state index is 12.8. The summed E-state index contributed by atoms with van der Waals surface area (Å²) in [6, 6.07) is 8.14. The largest absolute Gasteiger partial charge is 0.377 e. The molecule has 2 heterocycles. The van der Waals surface area contributed by atoms with Gasteiger partial charge in [-0.1, -0.05) is 18.2 Å². The summed E-state index contributed by atoms with van der Waals surface area (Å²) in [6.07, 6.45) is 0. The number of nitrogens with zero attached hydrogens (tertiary/aromatic N) is 2. The van der Waals surface area contributed by atoms with E-state index in [-0.39, 0.29) is 11.9 Å². The molecular formula is C15H17BrN2O2. The van der Waals surface area contributed by atoms with E-state index in [0.717, 1.165) is 15.4 Å². The van der Waals surface area contributed by atoms with Gasteiger partial charge in [0.05, 0.1) is 23.7 Å². The quantitative estimate of drug-likeness (QED) is 0.802. The smallest absolute Gasteiger partial charge is 0.272 e. The number of aromatic nitrogens is 1.